The molecule has 0 aromatic heterocycles. The second kappa shape index (κ2) is 7.17. The fourth-order valence-corrected chi connectivity index (χ4v) is 2.00. The minimum Gasteiger partial charge on any atom is -0.356 e. The van der Waals surface area contributed by atoms with Gasteiger partial charge >= 0.3 is 0 Å². The molecule has 0 aliphatic rings. The lowest BCUT2D eigenvalue weighted by molar-refractivity contribution is -0.124. The molecule has 18 heavy (non-hydrogen) atoms. The summed E-state index contributed by atoms with van der Waals surface area (Å²) in [5.41, 5.74) is 9.31. The van der Waals surface area contributed by atoms with Gasteiger partial charge in [-0.3, -0.25) is 4.79 Å². The lowest BCUT2D eigenvalue weighted by Gasteiger charge is -2.12. The standard InChI is InChI=1S/C15H24N2O/c1-11-4-5-14(13(3)10-11)7-9-17-15(18)12(2)6-8-16/h4-5,10,12H,6-9,16H2,1-3H3,(H,17,18). The van der Waals surface area contributed by atoms with Crippen LogP contribution in [0.4, 0.5) is 0 Å². The van der Waals surface area contributed by atoms with Gasteiger partial charge in [0.15, 0.2) is 0 Å². The summed E-state index contributed by atoms with van der Waals surface area (Å²) < 4.78 is 0. The van der Waals surface area contributed by atoms with Crippen LogP contribution >= 0.6 is 0 Å². The van der Waals surface area contributed by atoms with Crippen molar-refractivity contribution in [2.75, 3.05) is 13.1 Å². The molecule has 0 radical (unpaired) electrons. The smallest absolute Gasteiger partial charge is 0.222 e. The number of aryl methyl sites for hydroxylation is 2. The van der Waals surface area contributed by atoms with E-state index in [2.05, 4.69) is 37.4 Å². The van der Waals surface area contributed by atoms with Crippen LogP contribution in [0.3, 0.4) is 0 Å². The lowest BCUT2D eigenvalue weighted by atomic mass is 10.0. The van der Waals surface area contributed by atoms with Crippen molar-refractivity contribution in [1.82, 2.24) is 5.32 Å². The van der Waals surface area contributed by atoms with E-state index in [1.54, 1.807) is 0 Å². The molecule has 1 amide bonds. The van der Waals surface area contributed by atoms with Crippen molar-refractivity contribution < 1.29 is 4.79 Å². The molecule has 3 N–H and O–H groups in total. The average molecular weight is 248 g/mol. The van der Waals surface area contributed by atoms with Gasteiger partial charge in [0.1, 0.15) is 0 Å². The summed E-state index contributed by atoms with van der Waals surface area (Å²) >= 11 is 0. The quantitative estimate of drug-likeness (QED) is 0.808. The van der Waals surface area contributed by atoms with Gasteiger partial charge in [-0.1, -0.05) is 30.7 Å². The number of benzene rings is 1. The topological polar surface area (TPSA) is 55.1 Å². The molecule has 3 nitrogen and oxygen atoms in total. The summed E-state index contributed by atoms with van der Waals surface area (Å²) in [5.74, 6) is 0.110. The maximum atomic E-state index is 11.7. The maximum absolute atomic E-state index is 11.7. The molecule has 3 heteroatoms. The molecule has 0 aliphatic carbocycles. The normalized spacial score (nSPS) is 12.2. The van der Waals surface area contributed by atoms with Crippen LogP contribution in [0.5, 0.6) is 0 Å². The zero-order valence-corrected chi connectivity index (χ0v) is 11.6. The molecular formula is C15H24N2O. The predicted molar refractivity (Wildman–Crippen MR) is 75.5 cm³/mol. The highest BCUT2D eigenvalue weighted by molar-refractivity contribution is 5.78. The van der Waals surface area contributed by atoms with Gasteiger partial charge in [0.2, 0.25) is 5.91 Å². The molecular weight excluding hydrogens is 224 g/mol. The first-order valence-electron chi connectivity index (χ1n) is 6.58. The summed E-state index contributed by atoms with van der Waals surface area (Å²) in [6.45, 7) is 7.37. The Kier molecular flexibility index (Phi) is 5.86. The summed E-state index contributed by atoms with van der Waals surface area (Å²) in [6, 6.07) is 6.43. The van der Waals surface area contributed by atoms with Crippen molar-refractivity contribution in [2.45, 2.75) is 33.6 Å². The second-order valence-electron chi connectivity index (χ2n) is 4.95. The Morgan fingerprint density at radius 2 is 2.11 bits per heavy atom. The van der Waals surface area contributed by atoms with E-state index < -0.39 is 0 Å². The fraction of sp³-hybridized carbons (Fsp3) is 0.533. The first-order valence-corrected chi connectivity index (χ1v) is 6.58. The van der Waals surface area contributed by atoms with Crippen LogP contribution < -0.4 is 11.1 Å². The van der Waals surface area contributed by atoms with Crippen LogP contribution in [-0.2, 0) is 11.2 Å². The molecule has 0 spiro atoms. The number of carbonyl (C=O) groups is 1. The molecule has 1 aromatic rings. The summed E-state index contributed by atoms with van der Waals surface area (Å²) in [4.78, 5) is 11.7. The summed E-state index contributed by atoms with van der Waals surface area (Å²) in [6.07, 6.45) is 1.63. The first-order chi connectivity index (χ1) is 8.54. The van der Waals surface area contributed by atoms with E-state index in [4.69, 9.17) is 5.73 Å². The molecule has 0 heterocycles. The fourth-order valence-electron chi connectivity index (χ4n) is 2.00. The molecule has 0 fully saturated rings. The number of hydrogen-bond donors (Lipinski definition) is 2. The van der Waals surface area contributed by atoms with E-state index in [9.17, 15) is 4.79 Å². The third-order valence-electron chi connectivity index (χ3n) is 3.24. The maximum Gasteiger partial charge on any atom is 0.222 e. The molecule has 0 bridgehead atoms. The molecule has 1 unspecified atom stereocenters. The minimum absolute atomic E-state index is 0.00844. The Balaban J connectivity index is 2.39. The average Bonchev–Trinajstić information content (AvgIpc) is 2.32. The Morgan fingerprint density at radius 3 is 2.72 bits per heavy atom. The van der Waals surface area contributed by atoms with Crippen LogP contribution in [0.25, 0.3) is 0 Å². The van der Waals surface area contributed by atoms with Crippen molar-refractivity contribution in [1.29, 1.82) is 0 Å². The van der Waals surface area contributed by atoms with E-state index in [0.717, 1.165) is 12.8 Å². The first kappa shape index (κ1) is 14.7. The van der Waals surface area contributed by atoms with Crippen LogP contribution in [0.15, 0.2) is 18.2 Å². The number of nitrogens with two attached hydrogens (primary N) is 1. The molecule has 1 aromatic carbocycles. The molecule has 0 saturated heterocycles. The Labute approximate surface area is 110 Å². The third kappa shape index (κ3) is 4.49. The number of amides is 1. The zero-order chi connectivity index (χ0) is 13.5. The lowest BCUT2D eigenvalue weighted by Crippen LogP contribution is -2.32. The van der Waals surface area contributed by atoms with E-state index in [-0.39, 0.29) is 11.8 Å². The Hall–Kier alpha value is -1.35. The second-order valence-corrected chi connectivity index (χ2v) is 4.95. The van der Waals surface area contributed by atoms with Crippen molar-refractivity contribution in [3.63, 3.8) is 0 Å². The van der Waals surface area contributed by atoms with Crippen LogP contribution in [0, 0.1) is 19.8 Å². The molecule has 0 saturated carbocycles. The number of nitrogens with one attached hydrogen (secondary N) is 1. The van der Waals surface area contributed by atoms with Gasteiger partial charge < -0.3 is 11.1 Å². The van der Waals surface area contributed by atoms with Gasteiger partial charge in [0, 0.05) is 12.5 Å². The minimum atomic E-state index is 0.00844. The Morgan fingerprint density at radius 1 is 1.39 bits per heavy atom. The molecule has 1 rings (SSSR count). The van der Waals surface area contributed by atoms with Crippen molar-refractivity contribution in [3.8, 4) is 0 Å². The van der Waals surface area contributed by atoms with E-state index >= 15 is 0 Å². The highest BCUT2D eigenvalue weighted by Gasteiger charge is 2.10. The number of carbonyl (C=O) groups excluding carboxylic acids is 1. The number of rotatable bonds is 6. The summed E-state index contributed by atoms with van der Waals surface area (Å²) in [7, 11) is 0. The predicted octanol–water partition coefficient (Wildman–Crippen LogP) is 1.95. The van der Waals surface area contributed by atoms with Gasteiger partial charge in [-0.15, -0.1) is 0 Å². The van der Waals surface area contributed by atoms with Gasteiger partial charge in [0.25, 0.3) is 0 Å². The highest BCUT2D eigenvalue weighted by Crippen LogP contribution is 2.10. The SMILES string of the molecule is Cc1ccc(CCNC(=O)C(C)CCN)c(C)c1. The molecule has 0 aliphatic heterocycles. The van der Waals surface area contributed by atoms with Crippen molar-refractivity contribution in [2.24, 2.45) is 11.7 Å². The monoisotopic (exact) mass is 248 g/mol. The molecule has 1 atom stereocenters. The van der Waals surface area contributed by atoms with E-state index in [1.165, 1.54) is 16.7 Å². The van der Waals surface area contributed by atoms with Gasteiger partial charge in [-0.25, -0.2) is 0 Å². The van der Waals surface area contributed by atoms with Crippen molar-refractivity contribution >= 4 is 5.91 Å². The summed E-state index contributed by atoms with van der Waals surface area (Å²) in [5, 5.41) is 2.96. The highest BCUT2D eigenvalue weighted by atomic mass is 16.1. The molecule has 100 valence electrons. The van der Waals surface area contributed by atoms with Gasteiger partial charge in [-0.05, 0) is 44.4 Å². The third-order valence-corrected chi connectivity index (χ3v) is 3.24. The zero-order valence-electron chi connectivity index (χ0n) is 11.6. The van der Waals surface area contributed by atoms with Crippen LogP contribution in [-0.4, -0.2) is 19.0 Å². The van der Waals surface area contributed by atoms with Crippen LogP contribution in [0.1, 0.15) is 30.0 Å². The van der Waals surface area contributed by atoms with Gasteiger partial charge in [0.05, 0.1) is 0 Å². The van der Waals surface area contributed by atoms with Gasteiger partial charge in [-0.2, -0.15) is 0 Å². The van der Waals surface area contributed by atoms with Crippen LogP contribution in [0.2, 0.25) is 0 Å². The number of hydrogen-bond acceptors (Lipinski definition) is 2. The van der Waals surface area contributed by atoms with E-state index in [1.807, 2.05) is 6.92 Å². The Bertz CT molecular complexity index is 401. The largest absolute Gasteiger partial charge is 0.356 e. The van der Waals surface area contributed by atoms with Crippen molar-refractivity contribution in [3.05, 3.63) is 34.9 Å². The van der Waals surface area contributed by atoms with E-state index in [0.29, 0.717) is 13.1 Å².